The summed E-state index contributed by atoms with van der Waals surface area (Å²) in [5, 5.41) is 21.0. The first kappa shape index (κ1) is 30.0. The van der Waals surface area contributed by atoms with Crippen LogP contribution in [-0.4, -0.2) is 60.0 Å². The zero-order valence-electron chi connectivity index (χ0n) is 20.6. The molecule has 196 valence electrons. The van der Waals surface area contributed by atoms with Gasteiger partial charge in [-0.2, -0.15) is 0 Å². The minimum Gasteiger partial charge on any atom is -0.390 e. The van der Waals surface area contributed by atoms with Crippen molar-refractivity contribution in [3.63, 3.8) is 0 Å². The van der Waals surface area contributed by atoms with Gasteiger partial charge in [0.15, 0.2) is 0 Å². The molecule has 0 aliphatic heterocycles. The van der Waals surface area contributed by atoms with Gasteiger partial charge in [-0.25, -0.2) is 8.78 Å². The third-order valence-corrected chi connectivity index (χ3v) is 5.34. The van der Waals surface area contributed by atoms with Crippen molar-refractivity contribution in [3.05, 3.63) is 35.4 Å². The fourth-order valence-electron chi connectivity index (χ4n) is 3.59. The van der Waals surface area contributed by atoms with E-state index in [0.29, 0.717) is 31.9 Å². The number of benzene rings is 1. The van der Waals surface area contributed by atoms with Crippen LogP contribution in [0.5, 0.6) is 0 Å². The van der Waals surface area contributed by atoms with Crippen LogP contribution in [0.1, 0.15) is 52.5 Å². The summed E-state index contributed by atoms with van der Waals surface area (Å²) in [5.74, 6) is -3.49. The normalized spacial score (nSPS) is 14.4. The Bertz CT molecular complexity index is 848. The Morgan fingerprint density at radius 2 is 1.66 bits per heavy atom. The number of aliphatic hydroxyl groups excluding tert-OH is 1. The molecule has 0 radical (unpaired) electrons. The number of aliphatic hydroxyl groups is 1. The number of hydrogen-bond donors (Lipinski definition) is 5. The van der Waals surface area contributed by atoms with E-state index in [1.165, 1.54) is 0 Å². The Balaban J connectivity index is 3.07. The number of carbonyl (C=O) groups excluding carboxylic acids is 4. The van der Waals surface area contributed by atoms with Crippen LogP contribution in [-0.2, 0) is 25.6 Å². The Hall–Kier alpha value is -3.08. The van der Waals surface area contributed by atoms with Crippen molar-refractivity contribution in [1.82, 2.24) is 21.3 Å². The van der Waals surface area contributed by atoms with Gasteiger partial charge in [0.1, 0.15) is 23.7 Å². The number of rotatable bonds is 15. The second-order valence-electron chi connectivity index (χ2n) is 8.68. The number of carbonyl (C=O) groups is 4. The average molecular weight is 499 g/mol. The van der Waals surface area contributed by atoms with Crippen LogP contribution in [0.2, 0.25) is 0 Å². The first-order valence-corrected chi connectivity index (χ1v) is 11.7. The molecule has 0 aromatic heterocycles. The second kappa shape index (κ2) is 15.0. The van der Waals surface area contributed by atoms with Crippen molar-refractivity contribution in [2.24, 2.45) is 5.92 Å². The topological polar surface area (TPSA) is 137 Å². The average Bonchev–Trinajstić information content (AvgIpc) is 2.76. The van der Waals surface area contributed by atoms with Crippen molar-refractivity contribution < 1.29 is 33.1 Å². The van der Waals surface area contributed by atoms with E-state index in [1.807, 2.05) is 6.92 Å². The summed E-state index contributed by atoms with van der Waals surface area (Å²) in [6, 6.07) is 0.000919. The van der Waals surface area contributed by atoms with E-state index in [4.69, 9.17) is 0 Å². The van der Waals surface area contributed by atoms with Crippen LogP contribution in [0, 0.1) is 17.6 Å². The van der Waals surface area contributed by atoms with Gasteiger partial charge in [-0.3, -0.25) is 19.2 Å². The minimum atomic E-state index is -1.45. The van der Waals surface area contributed by atoms with E-state index in [0.717, 1.165) is 12.1 Å². The zero-order chi connectivity index (χ0) is 26.5. The van der Waals surface area contributed by atoms with Gasteiger partial charge >= 0.3 is 0 Å². The zero-order valence-corrected chi connectivity index (χ0v) is 20.6. The molecule has 0 saturated carbocycles. The number of halogens is 2. The summed E-state index contributed by atoms with van der Waals surface area (Å²) >= 11 is 0. The van der Waals surface area contributed by atoms with Crippen LogP contribution < -0.4 is 21.3 Å². The summed E-state index contributed by atoms with van der Waals surface area (Å²) in [6.07, 6.45) is -0.825. The lowest BCUT2D eigenvalue weighted by Gasteiger charge is -2.27. The van der Waals surface area contributed by atoms with Gasteiger partial charge in [0.2, 0.25) is 24.1 Å². The highest BCUT2D eigenvalue weighted by Gasteiger charge is 2.29. The molecule has 35 heavy (non-hydrogen) atoms. The molecule has 9 nitrogen and oxygen atoms in total. The molecule has 0 spiro atoms. The maximum Gasteiger partial charge on any atom is 0.242 e. The van der Waals surface area contributed by atoms with Gasteiger partial charge in [0, 0.05) is 12.6 Å². The third kappa shape index (κ3) is 10.4. The molecule has 1 rings (SSSR count). The van der Waals surface area contributed by atoms with Gasteiger partial charge in [-0.05, 0) is 43.4 Å². The molecule has 4 atom stereocenters. The summed E-state index contributed by atoms with van der Waals surface area (Å²) < 4.78 is 27.4. The lowest BCUT2D eigenvalue weighted by molar-refractivity contribution is -0.131. The van der Waals surface area contributed by atoms with Crippen molar-refractivity contribution >= 4 is 24.1 Å². The van der Waals surface area contributed by atoms with Crippen molar-refractivity contribution in [3.8, 4) is 0 Å². The molecule has 0 bridgehead atoms. The highest BCUT2D eigenvalue weighted by atomic mass is 19.1. The molecule has 11 heteroatoms. The fourth-order valence-corrected chi connectivity index (χ4v) is 3.59. The van der Waals surface area contributed by atoms with E-state index >= 15 is 0 Å². The Morgan fingerprint density at radius 3 is 2.17 bits per heavy atom. The van der Waals surface area contributed by atoms with Crippen LogP contribution >= 0.6 is 0 Å². The quantitative estimate of drug-likeness (QED) is 0.229. The fraction of sp³-hybridized carbons (Fsp3) is 0.583. The van der Waals surface area contributed by atoms with Crippen LogP contribution in [0.25, 0.3) is 0 Å². The Kier molecular flexibility index (Phi) is 12.9. The molecule has 1 aromatic carbocycles. The maximum absolute atomic E-state index is 13.7. The molecule has 0 heterocycles. The predicted molar refractivity (Wildman–Crippen MR) is 126 cm³/mol. The van der Waals surface area contributed by atoms with Gasteiger partial charge in [0.25, 0.3) is 0 Å². The van der Waals surface area contributed by atoms with E-state index < -0.39 is 54.1 Å². The van der Waals surface area contributed by atoms with Crippen LogP contribution in [0.4, 0.5) is 8.78 Å². The summed E-state index contributed by atoms with van der Waals surface area (Å²) in [4.78, 5) is 48.5. The van der Waals surface area contributed by atoms with Crippen molar-refractivity contribution in [2.45, 2.75) is 77.6 Å². The van der Waals surface area contributed by atoms with Crippen LogP contribution in [0.15, 0.2) is 18.2 Å². The molecule has 0 fully saturated rings. The largest absolute Gasteiger partial charge is 0.390 e. The monoisotopic (exact) mass is 498 g/mol. The minimum absolute atomic E-state index is 0.157. The second-order valence-corrected chi connectivity index (χ2v) is 8.68. The van der Waals surface area contributed by atoms with Gasteiger partial charge in [0.05, 0.1) is 18.6 Å². The lowest BCUT2D eigenvalue weighted by atomic mass is 9.97. The van der Waals surface area contributed by atoms with Crippen molar-refractivity contribution in [1.29, 1.82) is 0 Å². The van der Waals surface area contributed by atoms with Gasteiger partial charge in [-0.1, -0.05) is 27.2 Å². The molecule has 0 aliphatic carbocycles. The molecular formula is C24H36F2N4O5. The summed E-state index contributed by atoms with van der Waals surface area (Å²) in [5.41, 5.74) is 0.157. The maximum atomic E-state index is 13.7. The summed E-state index contributed by atoms with van der Waals surface area (Å²) in [7, 11) is 0. The lowest BCUT2D eigenvalue weighted by Crippen LogP contribution is -2.54. The molecule has 0 saturated heterocycles. The molecule has 5 N–H and O–H groups in total. The molecule has 4 amide bonds. The molecule has 0 aliphatic rings. The molecular weight excluding hydrogens is 462 g/mol. The van der Waals surface area contributed by atoms with E-state index in [9.17, 15) is 33.1 Å². The third-order valence-electron chi connectivity index (χ3n) is 5.34. The highest BCUT2D eigenvalue weighted by molar-refractivity contribution is 5.88. The van der Waals surface area contributed by atoms with Gasteiger partial charge in [-0.15, -0.1) is 0 Å². The number of amides is 4. The van der Waals surface area contributed by atoms with E-state index in [2.05, 4.69) is 21.3 Å². The van der Waals surface area contributed by atoms with Crippen LogP contribution in [0.3, 0.4) is 0 Å². The molecule has 3 unspecified atom stereocenters. The van der Waals surface area contributed by atoms with E-state index in [-0.39, 0.29) is 23.8 Å². The highest BCUT2D eigenvalue weighted by Crippen LogP contribution is 2.14. The Labute approximate surface area is 204 Å². The van der Waals surface area contributed by atoms with Gasteiger partial charge < -0.3 is 26.4 Å². The van der Waals surface area contributed by atoms with Crippen molar-refractivity contribution in [2.75, 3.05) is 6.54 Å². The molecule has 1 aromatic rings. The Morgan fingerprint density at radius 1 is 1.03 bits per heavy atom. The number of likely N-dealkylation sites (N-methyl/N-ethyl adjacent to an activating group) is 1. The number of hydrogen-bond acceptors (Lipinski definition) is 5. The first-order chi connectivity index (χ1) is 16.5. The smallest absolute Gasteiger partial charge is 0.242 e. The standard InChI is InChI=1S/C24H36F2N4O5/c1-5-7-18(28-13-31)23(34)29-19(10-15-8-16(25)11-17(26)9-15)20(32)12-21(33)30-22(14(3)4)24(35)27-6-2/h8-9,11,13-14,18-20,22,32H,5-7,10,12H2,1-4H3,(H,27,35)(H,28,31)(H,29,34)(H,30,33)/t18?,19-,20?,22?/m0/s1. The first-order valence-electron chi connectivity index (χ1n) is 11.7. The SMILES string of the molecule is CCCC(NC=O)C(=O)N[C@@H](Cc1cc(F)cc(F)c1)C(O)CC(=O)NC(C(=O)NCC)C(C)C. The number of nitrogens with one attached hydrogen (secondary N) is 4. The van der Waals surface area contributed by atoms with E-state index in [1.54, 1.807) is 20.8 Å². The summed E-state index contributed by atoms with van der Waals surface area (Å²) in [6.45, 7) is 7.46. The predicted octanol–water partition coefficient (Wildman–Crippen LogP) is 0.935.